The van der Waals surface area contributed by atoms with E-state index < -0.39 is 51.5 Å². The highest BCUT2D eigenvalue weighted by Gasteiger charge is 2.82. The third kappa shape index (κ3) is 6.58. The van der Waals surface area contributed by atoms with E-state index in [0.29, 0.717) is 17.6 Å². The van der Waals surface area contributed by atoms with Crippen LogP contribution in [0.25, 0.3) is 0 Å². The first-order chi connectivity index (χ1) is 24.9. The normalized spacial score (nSPS) is 42.0. The first kappa shape index (κ1) is 38.1. The van der Waals surface area contributed by atoms with Gasteiger partial charge in [0, 0.05) is 42.6 Å². The number of ether oxygens (including phenoxy) is 1. The molecule has 1 aliphatic heterocycles. The second kappa shape index (κ2) is 15.0. The molecule has 1 heterocycles. The van der Waals surface area contributed by atoms with Crippen molar-refractivity contribution in [1.29, 1.82) is 0 Å². The minimum Gasteiger partial charge on any atom is -0.462 e. The van der Waals surface area contributed by atoms with E-state index in [1.54, 1.807) is 13.0 Å². The number of Topliss-reactive ketones (excluding diaryl/α,β-unsaturated/α-hetero) is 2. The van der Waals surface area contributed by atoms with Crippen LogP contribution in [0.15, 0.2) is 108 Å². The molecule has 278 valence electrons. The number of aliphatic hydroxyl groups excluding tert-OH is 1. The molecule has 3 saturated carbocycles. The lowest BCUT2D eigenvalue weighted by molar-refractivity contribution is -0.172. The molecule has 0 radical (unpaired) electrons. The summed E-state index contributed by atoms with van der Waals surface area (Å²) < 4.78 is 6.04. The summed E-state index contributed by atoms with van der Waals surface area (Å²) in [5.41, 5.74) is -3.74. The monoisotopic (exact) mass is 708 g/mol. The second-order valence-corrected chi connectivity index (χ2v) is 16.5. The van der Waals surface area contributed by atoms with Gasteiger partial charge in [-0.15, -0.1) is 0 Å². The fourth-order valence-electron chi connectivity index (χ4n) is 10.7. The van der Waals surface area contributed by atoms with Crippen molar-refractivity contribution in [3.8, 4) is 0 Å². The summed E-state index contributed by atoms with van der Waals surface area (Å²) in [5.74, 6) is -2.27. The quantitative estimate of drug-likeness (QED) is 0.154. The summed E-state index contributed by atoms with van der Waals surface area (Å²) >= 11 is 0. The molecule has 6 rings (SSSR count). The Labute approximate surface area is 309 Å². The molecule has 0 aromatic carbocycles. The van der Waals surface area contributed by atoms with Gasteiger partial charge in [0.15, 0.2) is 5.78 Å². The van der Waals surface area contributed by atoms with Crippen LogP contribution in [0.5, 0.6) is 0 Å². The van der Waals surface area contributed by atoms with Gasteiger partial charge in [-0.25, -0.2) is 4.79 Å². The maximum atomic E-state index is 13.7. The van der Waals surface area contributed by atoms with Crippen molar-refractivity contribution in [2.75, 3.05) is 13.2 Å². The number of fused-ring (bicyclic) bond motifs is 6. The van der Waals surface area contributed by atoms with Crippen LogP contribution in [0.1, 0.15) is 72.6 Å². The highest BCUT2D eigenvalue weighted by atomic mass is 16.5. The van der Waals surface area contributed by atoms with Crippen LogP contribution < -0.4 is 0 Å². The van der Waals surface area contributed by atoms with Gasteiger partial charge in [-0.2, -0.15) is 0 Å². The average Bonchev–Trinajstić information content (AvgIpc) is 3.55. The van der Waals surface area contributed by atoms with Gasteiger partial charge in [-0.05, 0) is 72.3 Å². The molecule has 7 heteroatoms. The Morgan fingerprint density at radius 1 is 0.981 bits per heavy atom. The van der Waals surface area contributed by atoms with Crippen molar-refractivity contribution in [2.24, 2.45) is 52.3 Å². The Hall–Kier alpha value is -3.65. The van der Waals surface area contributed by atoms with Gasteiger partial charge in [-0.3, -0.25) is 9.59 Å². The van der Waals surface area contributed by atoms with Gasteiger partial charge in [0.05, 0.1) is 18.8 Å². The molecule has 3 N–H and O–H groups in total. The van der Waals surface area contributed by atoms with Crippen LogP contribution in [0.4, 0.5) is 0 Å². The summed E-state index contributed by atoms with van der Waals surface area (Å²) in [7, 11) is 0. The smallest absolute Gasteiger partial charge is 0.330 e. The summed E-state index contributed by atoms with van der Waals surface area (Å²) in [6.45, 7) is 7.49. The van der Waals surface area contributed by atoms with Gasteiger partial charge in [0.2, 0.25) is 0 Å². The molecule has 11 unspecified atom stereocenters. The molecule has 6 aliphatic rings. The van der Waals surface area contributed by atoms with Crippen LogP contribution in [0, 0.1) is 52.3 Å². The largest absolute Gasteiger partial charge is 0.462 e. The van der Waals surface area contributed by atoms with E-state index in [0.717, 1.165) is 19.3 Å². The van der Waals surface area contributed by atoms with Crippen LogP contribution in [-0.4, -0.2) is 57.3 Å². The number of allylic oxidation sites excluding steroid dienone is 13. The van der Waals surface area contributed by atoms with Gasteiger partial charge in [0.25, 0.3) is 0 Å². The first-order valence-electron chi connectivity index (χ1n) is 19.2. The minimum absolute atomic E-state index is 0.0602. The molecule has 0 amide bonds. The van der Waals surface area contributed by atoms with Crippen LogP contribution in [0.2, 0.25) is 0 Å². The molecule has 52 heavy (non-hydrogen) atoms. The summed E-state index contributed by atoms with van der Waals surface area (Å²) in [4.78, 5) is 40.5. The SMILES string of the molecule is CCCC=CC=CC=CC1CC2C=CC=CC=CCC(=O)CC34CC(C)C5(O)C(C=C(CO)CC6(O)C(=O)C(C)=CC65)C3C4(C)COC(=O)C=CC12. The van der Waals surface area contributed by atoms with Gasteiger partial charge < -0.3 is 20.1 Å². The van der Waals surface area contributed by atoms with Gasteiger partial charge in [0.1, 0.15) is 11.4 Å². The number of carbonyl (C=O) groups is 3. The molecule has 7 nitrogen and oxygen atoms in total. The zero-order valence-electron chi connectivity index (χ0n) is 31.1. The number of hydrogen-bond acceptors (Lipinski definition) is 7. The molecule has 11 atom stereocenters. The molecular formula is C45H56O7. The molecule has 5 aliphatic carbocycles. The fourth-order valence-corrected chi connectivity index (χ4v) is 10.7. The maximum Gasteiger partial charge on any atom is 0.330 e. The number of carbonyl (C=O) groups excluding carboxylic acids is 3. The molecular weight excluding hydrogens is 652 g/mol. The molecule has 1 spiro atoms. The van der Waals surface area contributed by atoms with Crippen LogP contribution in [-0.2, 0) is 19.1 Å². The lowest BCUT2D eigenvalue weighted by Crippen LogP contribution is -2.60. The Kier molecular flexibility index (Phi) is 11.0. The van der Waals surface area contributed by atoms with E-state index >= 15 is 0 Å². The standard InChI is InChI=1S/C45H56O7/c1-5-6-7-8-9-11-14-17-33-24-34-18-15-12-10-13-16-19-35(47)27-43-25-31(3)45(51)37(40(43)42(43,4)29-52-39(48)21-20-36(33)34)23-32(28-46)26-44(50)38(45)22-30(2)41(44)49/h7-18,20-23,31,33-34,36-38,40,46,50-51H,5-6,19,24-29H2,1-4H3. The maximum absolute atomic E-state index is 13.7. The van der Waals surface area contributed by atoms with Gasteiger partial charge in [-0.1, -0.05) is 118 Å². The van der Waals surface area contributed by atoms with Crippen molar-refractivity contribution < 1.29 is 34.4 Å². The van der Waals surface area contributed by atoms with E-state index in [2.05, 4.69) is 37.3 Å². The van der Waals surface area contributed by atoms with Crippen molar-refractivity contribution >= 4 is 17.5 Å². The van der Waals surface area contributed by atoms with Crippen molar-refractivity contribution in [1.82, 2.24) is 0 Å². The third-order valence-corrected chi connectivity index (χ3v) is 13.5. The van der Waals surface area contributed by atoms with Crippen LogP contribution in [0.3, 0.4) is 0 Å². The predicted molar refractivity (Wildman–Crippen MR) is 202 cm³/mol. The average molecular weight is 709 g/mol. The van der Waals surface area contributed by atoms with Gasteiger partial charge >= 0.3 is 5.97 Å². The summed E-state index contributed by atoms with van der Waals surface area (Å²) in [6.07, 6.45) is 35.6. The number of esters is 1. The van der Waals surface area contributed by atoms with Crippen molar-refractivity contribution in [3.63, 3.8) is 0 Å². The second-order valence-electron chi connectivity index (χ2n) is 16.5. The highest BCUT2D eigenvalue weighted by Crippen LogP contribution is 2.81. The Morgan fingerprint density at radius 3 is 2.52 bits per heavy atom. The molecule has 0 saturated heterocycles. The molecule has 0 aromatic rings. The number of rotatable bonds is 6. The number of hydrogen-bond donors (Lipinski definition) is 3. The molecule has 0 bridgehead atoms. The number of unbranched alkanes of at least 4 members (excludes halogenated alkanes) is 1. The predicted octanol–water partition coefficient (Wildman–Crippen LogP) is 7.05. The number of ketones is 2. The Balaban J connectivity index is 1.29. The Bertz CT molecular complexity index is 1700. The van der Waals surface area contributed by atoms with Crippen molar-refractivity contribution in [3.05, 3.63) is 108 Å². The van der Waals surface area contributed by atoms with E-state index in [9.17, 15) is 29.7 Å². The van der Waals surface area contributed by atoms with E-state index in [4.69, 9.17) is 4.74 Å². The lowest BCUT2D eigenvalue weighted by atomic mass is 9.58. The van der Waals surface area contributed by atoms with E-state index in [-0.39, 0.29) is 61.9 Å². The zero-order chi connectivity index (χ0) is 37.3. The minimum atomic E-state index is -1.86. The third-order valence-electron chi connectivity index (χ3n) is 13.5. The topological polar surface area (TPSA) is 121 Å². The van der Waals surface area contributed by atoms with E-state index in [1.807, 2.05) is 68.5 Å². The fraction of sp³-hybridized carbons (Fsp3) is 0.533. The number of cyclic esters (lactones) is 1. The lowest BCUT2D eigenvalue weighted by Gasteiger charge is -2.51. The molecule has 3 fully saturated rings. The molecule has 0 aromatic heterocycles. The van der Waals surface area contributed by atoms with Crippen LogP contribution >= 0.6 is 0 Å². The summed E-state index contributed by atoms with van der Waals surface area (Å²) in [6, 6.07) is 0. The number of aliphatic hydroxyl groups is 3. The summed E-state index contributed by atoms with van der Waals surface area (Å²) in [5, 5.41) is 35.1. The first-order valence-corrected chi connectivity index (χ1v) is 19.2. The Morgan fingerprint density at radius 2 is 1.75 bits per heavy atom. The zero-order valence-corrected chi connectivity index (χ0v) is 31.1. The van der Waals surface area contributed by atoms with Crippen molar-refractivity contribution in [2.45, 2.75) is 83.8 Å². The van der Waals surface area contributed by atoms with E-state index in [1.165, 1.54) is 6.08 Å². The highest BCUT2D eigenvalue weighted by molar-refractivity contribution is 6.04.